The molecule has 1 aromatic heterocycles. The molecule has 0 spiro atoms. The smallest absolute Gasteiger partial charge is 0.151 e. The van der Waals surface area contributed by atoms with Crippen molar-refractivity contribution in [2.75, 3.05) is 0 Å². The van der Waals surface area contributed by atoms with E-state index in [4.69, 9.17) is 69.6 Å². The van der Waals surface area contributed by atoms with Crippen LogP contribution in [0.25, 0.3) is 0 Å². The van der Waals surface area contributed by atoms with Crippen molar-refractivity contribution in [3.63, 3.8) is 0 Å². The van der Waals surface area contributed by atoms with Gasteiger partial charge in [-0.05, 0) is 12.1 Å². The van der Waals surface area contributed by atoms with Crippen LogP contribution in [0, 0.1) is 0 Å². The van der Waals surface area contributed by atoms with Crippen molar-refractivity contribution in [1.82, 2.24) is 14.8 Å². The molecular weight excluding hydrogens is 427 g/mol. The predicted octanol–water partition coefficient (Wildman–Crippen LogP) is 4.84. The van der Waals surface area contributed by atoms with E-state index in [2.05, 4.69) is 10.1 Å². The summed E-state index contributed by atoms with van der Waals surface area (Å²) in [5, 5.41) is 15.9. The van der Waals surface area contributed by atoms with E-state index in [0.29, 0.717) is 10.6 Å². The molecule has 10 heteroatoms. The standard InChI is InChI=1S/C13H11Cl6N3O/c14-8-1-2-9(10(15)3-8)12(23,4-13(18,19)11(16)17)5-22-7-20-6-21-22/h1-3,6-7,11,23H,4-5H2. The maximum Gasteiger partial charge on any atom is 0.151 e. The molecule has 4 nitrogen and oxygen atoms in total. The molecule has 2 aromatic rings. The zero-order chi connectivity index (χ0) is 17.3. The third-order valence-electron chi connectivity index (χ3n) is 3.17. The Kier molecular flexibility index (Phi) is 6.34. The molecule has 1 atom stereocenters. The summed E-state index contributed by atoms with van der Waals surface area (Å²) in [4.78, 5) is 2.71. The van der Waals surface area contributed by atoms with Crippen LogP contribution in [-0.2, 0) is 12.1 Å². The SMILES string of the molecule is OC(Cn1cncn1)(CC(Cl)(Cl)C(Cl)Cl)c1ccc(Cl)cc1Cl. The van der Waals surface area contributed by atoms with Gasteiger partial charge in [-0.1, -0.05) is 52.5 Å². The molecular formula is C13H11Cl6N3O. The van der Waals surface area contributed by atoms with Gasteiger partial charge in [0.2, 0.25) is 0 Å². The van der Waals surface area contributed by atoms with Gasteiger partial charge < -0.3 is 5.11 Å². The highest BCUT2D eigenvalue weighted by Crippen LogP contribution is 2.45. The molecule has 0 aliphatic rings. The molecule has 1 unspecified atom stereocenters. The summed E-state index contributed by atoms with van der Waals surface area (Å²) >= 11 is 36.1. The van der Waals surface area contributed by atoms with Crippen LogP contribution in [0.4, 0.5) is 0 Å². The summed E-state index contributed by atoms with van der Waals surface area (Å²) in [7, 11) is 0. The predicted molar refractivity (Wildman–Crippen MR) is 94.9 cm³/mol. The van der Waals surface area contributed by atoms with E-state index in [1.54, 1.807) is 12.1 Å². The van der Waals surface area contributed by atoms with Crippen LogP contribution in [0.3, 0.4) is 0 Å². The van der Waals surface area contributed by atoms with E-state index in [-0.39, 0.29) is 18.0 Å². The molecule has 0 saturated carbocycles. The van der Waals surface area contributed by atoms with Gasteiger partial charge in [0.05, 0.1) is 6.54 Å². The fourth-order valence-electron chi connectivity index (χ4n) is 2.15. The fourth-order valence-corrected chi connectivity index (χ4v) is 3.33. The van der Waals surface area contributed by atoms with Crippen molar-refractivity contribution in [2.45, 2.75) is 27.7 Å². The minimum Gasteiger partial charge on any atom is -0.383 e. The van der Waals surface area contributed by atoms with E-state index in [0.717, 1.165) is 0 Å². The van der Waals surface area contributed by atoms with Crippen molar-refractivity contribution >= 4 is 69.6 Å². The van der Waals surface area contributed by atoms with Gasteiger partial charge in [-0.25, -0.2) is 9.67 Å². The third kappa shape index (κ3) is 4.79. The molecule has 1 N–H and O–H groups in total. The molecule has 0 radical (unpaired) electrons. The van der Waals surface area contributed by atoms with Crippen LogP contribution in [0.2, 0.25) is 10.0 Å². The van der Waals surface area contributed by atoms with Crippen LogP contribution in [0.5, 0.6) is 0 Å². The zero-order valence-electron chi connectivity index (χ0n) is 11.4. The molecule has 1 aromatic carbocycles. The second kappa shape index (κ2) is 7.52. The van der Waals surface area contributed by atoms with Gasteiger partial charge in [0.25, 0.3) is 0 Å². The lowest BCUT2D eigenvalue weighted by Crippen LogP contribution is -2.40. The first-order chi connectivity index (χ1) is 10.6. The highest BCUT2D eigenvalue weighted by molar-refractivity contribution is 6.59. The second-order valence-corrected chi connectivity index (χ2v) is 8.47. The van der Waals surface area contributed by atoms with Gasteiger partial charge in [0.1, 0.15) is 23.1 Å². The lowest BCUT2D eigenvalue weighted by atomic mass is 9.88. The third-order valence-corrected chi connectivity index (χ3v) is 5.61. The Morgan fingerprint density at radius 3 is 2.43 bits per heavy atom. The minimum absolute atomic E-state index is 0.00393. The Labute approximate surface area is 163 Å². The van der Waals surface area contributed by atoms with E-state index < -0.39 is 14.8 Å². The van der Waals surface area contributed by atoms with Gasteiger partial charge in [0, 0.05) is 22.0 Å². The highest BCUT2D eigenvalue weighted by atomic mass is 35.5. The number of aliphatic hydroxyl groups is 1. The number of aromatic nitrogens is 3. The Balaban J connectivity index is 2.45. The van der Waals surface area contributed by atoms with Crippen molar-refractivity contribution in [1.29, 1.82) is 0 Å². The molecule has 23 heavy (non-hydrogen) atoms. The van der Waals surface area contributed by atoms with Crippen LogP contribution < -0.4 is 0 Å². The van der Waals surface area contributed by atoms with Gasteiger partial charge in [-0.3, -0.25) is 0 Å². The molecule has 0 aliphatic heterocycles. The number of hydrogen-bond acceptors (Lipinski definition) is 3. The Bertz CT molecular complexity index is 664. The van der Waals surface area contributed by atoms with E-state index in [1.807, 2.05) is 0 Å². The number of rotatable bonds is 6. The van der Waals surface area contributed by atoms with E-state index in [9.17, 15) is 5.11 Å². The molecule has 0 saturated heterocycles. The van der Waals surface area contributed by atoms with Gasteiger partial charge >= 0.3 is 0 Å². The van der Waals surface area contributed by atoms with Gasteiger partial charge in [-0.15, -0.1) is 23.2 Å². The first kappa shape index (κ1) is 19.4. The quantitative estimate of drug-likeness (QED) is 0.658. The summed E-state index contributed by atoms with van der Waals surface area (Å²) < 4.78 is -0.187. The lowest BCUT2D eigenvalue weighted by Gasteiger charge is -2.35. The fraction of sp³-hybridized carbons (Fsp3) is 0.385. The molecule has 0 bridgehead atoms. The van der Waals surface area contributed by atoms with Crippen LogP contribution in [0.15, 0.2) is 30.9 Å². The molecule has 1 heterocycles. The minimum atomic E-state index is -1.61. The molecule has 0 aliphatic carbocycles. The average Bonchev–Trinajstić information content (AvgIpc) is 2.89. The number of halogens is 6. The summed E-state index contributed by atoms with van der Waals surface area (Å²) in [5.74, 6) is 0. The van der Waals surface area contributed by atoms with Crippen molar-refractivity contribution in [2.24, 2.45) is 0 Å². The second-order valence-electron chi connectivity index (χ2n) is 4.99. The van der Waals surface area contributed by atoms with Crippen LogP contribution >= 0.6 is 69.6 Å². The molecule has 2 rings (SSSR count). The maximum atomic E-state index is 11.2. The monoisotopic (exact) mass is 435 g/mol. The van der Waals surface area contributed by atoms with Crippen LogP contribution in [0.1, 0.15) is 12.0 Å². The summed E-state index contributed by atoms with van der Waals surface area (Å²) in [6.45, 7) is -0.00393. The Morgan fingerprint density at radius 2 is 1.91 bits per heavy atom. The normalized spacial score (nSPS) is 15.0. The largest absolute Gasteiger partial charge is 0.383 e. The van der Waals surface area contributed by atoms with E-state index >= 15 is 0 Å². The molecule has 126 valence electrons. The van der Waals surface area contributed by atoms with Gasteiger partial charge in [-0.2, -0.15) is 5.10 Å². The average molecular weight is 438 g/mol. The topological polar surface area (TPSA) is 50.9 Å². The molecule has 0 fully saturated rings. The van der Waals surface area contributed by atoms with Crippen molar-refractivity contribution < 1.29 is 5.11 Å². The highest BCUT2D eigenvalue weighted by Gasteiger charge is 2.44. The lowest BCUT2D eigenvalue weighted by molar-refractivity contribution is 0.00329. The van der Waals surface area contributed by atoms with E-state index in [1.165, 1.54) is 23.4 Å². The number of alkyl halides is 4. The maximum absolute atomic E-state index is 11.2. The van der Waals surface area contributed by atoms with Crippen molar-refractivity contribution in [3.05, 3.63) is 46.5 Å². The summed E-state index contributed by atoms with van der Waals surface area (Å²) in [5.41, 5.74) is -1.22. The van der Waals surface area contributed by atoms with Crippen molar-refractivity contribution in [3.8, 4) is 0 Å². The number of benzene rings is 1. The Morgan fingerprint density at radius 1 is 1.22 bits per heavy atom. The Hall–Kier alpha value is 0.0600. The first-order valence-corrected chi connectivity index (χ1v) is 8.69. The zero-order valence-corrected chi connectivity index (χ0v) is 16.0. The number of hydrogen-bond donors (Lipinski definition) is 1. The molecule has 0 amide bonds. The number of nitrogens with zero attached hydrogens (tertiary/aromatic N) is 3. The van der Waals surface area contributed by atoms with Gasteiger partial charge in [0.15, 0.2) is 4.33 Å². The first-order valence-electron chi connectivity index (χ1n) is 6.30. The van der Waals surface area contributed by atoms with Crippen LogP contribution in [-0.4, -0.2) is 29.0 Å². The summed E-state index contributed by atoms with van der Waals surface area (Å²) in [6, 6.07) is 4.69. The summed E-state index contributed by atoms with van der Waals surface area (Å²) in [6.07, 6.45) is 2.59.